The number of hydrogen-bond acceptors (Lipinski definition) is 4. The first-order valence-electron chi connectivity index (χ1n) is 7.11. The summed E-state index contributed by atoms with van der Waals surface area (Å²) in [5.74, 6) is -4.76. The molecule has 0 bridgehead atoms. The summed E-state index contributed by atoms with van der Waals surface area (Å²) >= 11 is 0. The monoisotopic (exact) mass is 316 g/mol. The molecule has 8 nitrogen and oxygen atoms in total. The number of nitrogens with one attached hydrogen (secondary N) is 2. The standard InChI is InChI=1S/C14H24N2O6/c1-7(2)5-9(13(19)20)15-11(17)12(18)16-10(14(21)22)6-8(3)4/h7-10H,5-6H2,1-4H3,(H,15,17)(H,16,18)(H,19,20)(H,21,22)/t9-,10-/m0/s1. The van der Waals surface area contributed by atoms with Crippen LogP contribution in [0.25, 0.3) is 0 Å². The molecule has 8 heteroatoms. The van der Waals surface area contributed by atoms with Crippen molar-refractivity contribution in [2.45, 2.75) is 52.6 Å². The van der Waals surface area contributed by atoms with E-state index in [1.165, 1.54) is 0 Å². The Morgan fingerprint density at radius 3 is 1.18 bits per heavy atom. The molecule has 4 N–H and O–H groups in total. The Balaban J connectivity index is 4.72. The zero-order chi connectivity index (χ0) is 17.4. The van der Waals surface area contributed by atoms with Gasteiger partial charge in [-0.1, -0.05) is 27.7 Å². The summed E-state index contributed by atoms with van der Waals surface area (Å²) in [6.45, 7) is 7.13. The van der Waals surface area contributed by atoms with Crippen LogP contribution in [-0.2, 0) is 19.2 Å². The molecule has 0 saturated heterocycles. The molecule has 126 valence electrons. The van der Waals surface area contributed by atoms with Gasteiger partial charge in [-0.2, -0.15) is 0 Å². The van der Waals surface area contributed by atoms with Crippen molar-refractivity contribution in [2.75, 3.05) is 0 Å². The molecule has 0 spiro atoms. The van der Waals surface area contributed by atoms with Gasteiger partial charge in [-0.25, -0.2) is 9.59 Å². The van der Waals surface area contributed by atoms with Crippen molar-refractivity contribution in [3.63, 3.8) is 0 Å². The van der Waals surface area contributed by atoms with Crippen LogP contribution in [0.1, 0.15) is 40.5 Å². The zero-order valence-corrected chi connectivity index (χ0v) is 13.3. The van der Waals surface area contributed by atoms with Gasteiger partial charge in [0.2, 0.25) is 0 Å². The van der Waals surface area contributed by atoms with Gasteiger partial charge in [-0.15, -0.1) is 0 Å². The maximum atomic E-state index is 11.7. The summed E-state index contributed by atoms with van der Waals surface area (Å²) in [7, 11) is 0. The van der Waals surface area contributed by atoms with E-state index in [1.807, 2.05) is 0 Å². The van der Waals surface area contributed by atoms with E-state index < -0.39 is 35.8 Å². The molecule has 2 atom stereocenters. The summed E-state index contributed by atoms with van der Waals surface area (Å²) in [6, 6.07) is -2.38. The minimum atomic E-state index is -1.24. The highest BCUT2D eigenvalue weighted by Crippen LogP contribution is 2.06. The fourth-order valence-electron chi connectivity index (χ4n) is 1.83. The number of carbonyl (C=O) groups is 4. The lowest BCUT2D eigenvalue weighted by Gasteiger charge is -2.18. The lowest BCUT2D eigenvalue weighted by atomic mass is 10.0. The number of carboxylic acids is 2. The number of hydrogen-bond donors (Lipinski definition) is 4. The molecule has 0 aromatic heterocycles. The predicted molar refractivity (Wildman–Crippen MR) is 78.0 cm³/mol. The lowest BCUT2D eigenvalue weighted by Crippen LogP contribution is -2.52. The molecule has 0 heterocycles. The Bertz CT molecular complexity index is 393. The summed E-state index contributed by atoms with van der Waals surface area (Å²) in [5.41, 5.74) is 0. The molecule has 0 fully saturated rings. The van der Waals surface area contributed by atoms with Gasteiger partial charge < -0.3 is 20.8 Å². The second-order valence-electron chi connectivity index (χ2n) is 5.99. The predicted octanol–water partition coefficient (Wildman–Crippen LogP) is 0.217. The van der Waals surface area contributed by atoms with Crippen LogP contribution in [0.3, 0.4) is 0 Å². The molecular formula is C14H24N2O6. The Morgan fingerprint density at radius 2 is 1.00 bits per heavy atom. The van der Waals surface area contributed by atoms with Gasteiger partial charge in [-0.3, -0.25) is 9.59 Å². The molecule has 22 heavy (non-hydrogen) atoms. The van der Waals surface area contributed by atoms with E-state index >= 15 is 0 Å². The van der Waals surface area contributed by atoms with Gasteiger partial charge in [0.25, 0.3) is 0 Å². The van der Waals surface area contributed by atoms with Crippen LogP contribution in [-0.4, -0.2) is 46.0 Å². The third kappa shape index (κ3) is 7.61. The van der Waals surface area contributed by atoms with Crippen molar-refractivity contribution in [3.8, 4) is 0 Å². The normalized spacial score (nSPS) is 13.5. The van der Waals surface area contributed by atoms with Crippen molar-refractivity contribution in [2.24, 2.45) is 11.8 Å². The van der Waals surface area contributed by atoms with Gasteiger partial charge in [0.05, 0.1) is 0 Å². The molecule has 0 aromatic rings. The van der Waals surface area contributed by atoms with E-state index in [9.17, 15) is 19.2 Å². The van der Waals surface area contributed by atoms with Crippen LogP contribution >= 0.6 is 0 Å². The Morgan fingerprint density at radius 1 is 0.727 bits per heavy atom. The zero-order valence-electron chi connectivity index (χ0n) is 13.3. The molecule has 2 amide bonds. The summed E-state index contributed by atoms with van der Waals surface area (Å²) in [6.07, 6.45) is 0.339. The largest absolute Gasteiger partial charge is 0.480 e. The van der Waals surface area contributed by atoms with E-state index in [-0.39, 0.29) is 24.7 Å². The van der Waals surface area contributed by atoms with E-state index in [0.29, 0.717) is 0 Å². The topological polar surface area (TPSA) is 133 Å². The van der Waals surface area contributed by atoms with Crippen LogP contribution in [0.4, 0.5) is 0 Å². The van der Waals surface area contributed by atoms with Crippen molar-refractivity contribution < 1.29 is 29.4 Å². The maximum absolute atomic E-state index is 11.7. The quantitative estimate of drug-likeness (QED) is 0.473. The first-order valence-corrected chi connectivity index (χ1v) is 7.11. The SMILES string of the molecule is CC(C)C[C@H](NC(=O)C(=O)N[C@@H](CC(C)C)C(=O)O)C(=O)O. The van der Waals surface area contributed by atoms with Gasteiger partial charge in [0, 0.05) is 0 Å². The van der Waals surface area contributed by atoms with E-state index in [4.69, 9.17) is 10.2 Å². The summed E-state index contributed by atoms with van der Waals surface area (Å²) in [4.78, 5) is 45.5. The highest BCUT2D eigenvalue weighted by Gasteiger charge is 2.28. The molecular weight excluding hydrogens is 292 g/mol. The average Bonchev–Trinajstić information content (AvgIpc) is 2.35. The first-order chi connectivity index (χ1) is 10.0. The molecule has 0 saturated carbocycles. The van der Waals surface area contributed by atoms with Gasteiger partial charge in [-0.05, 0) is 24.7 Å². The average molecular weight is 316 g/mol. The lowest BCUT2D eigenvalue weighted by molar-refractivity contribution is -0.147. The van der Waals surface area contributed by atoms with Crippen molar-refractivity contribution >= 4 is 23.8 Å². The molecule has 0 aromatic carbocycles. The van der Waals surface area contributed by atoms with E-state index in [2.05, 4.69) is 10.6 Å². The smallest absolute Gasteiger partial charge is 0.326 e. The van der Waals surface area contributed by atoms with Crippen LogP contribution in [0.15, 0.2) is 0 Å². The number of carbonyl (C=O) groups excluding carboxylic acids is 2. The molecule has 0 aliphatic heterocycles. The van der Waals surface area contributed by atoms with Crippen LogP contribution in [0.2, 0.25) is 0 Å². The van der Waals surface area contributed by atoms with E-state index in [1.54, 1.807) is 27.7 Å². The Hall–Kier alpha value is -2.12. The van der Waals surface area contributed by atoms with Gasteiger partial charge >= 0.3 is 23.8 Å². The third-order valence-corrected chi connectivity index (χ3v) is 2.83. The highest BCUT2D eigenvalue weighted by atomic mass is 16.4. The number of amides is 2. The molecule has 0 unspecified atom stereocenters. The minimum Gasteiger partial charge on any atom is -0.480 e. The number of carboxylic acid groups (broad SMARTS) is 2. The summed E-state index contributed by atoms with van der Waals surface area (Å²) < 4.78 is 0. The summed E-state index contributed by atoms with van der Waals surface area (Å²) in [5, 5.41) is 22.2. The number of aliphatic carboxylic acids is 2. The van der Waals surface area contributed by atoms with Crippen molar-refractivity contribution in [1.29, 1.82) is 0 Å². The second kappa shape index (κ2) is 9.01. The molecule has 0 aliphatic carbocycles. The van der Waals surface area contributed by atoms with Gasteiger partial charge in [0.1, 0.15) is 12.1 Å². The first kappa shape index (κ1) is 19.9. The van der Waals surface area contributed by atoms with Crippen molar-refractivity contribution in [1.82, 2.24) is 10.6 Å². The Labute approximate surface area is 129 Å². The molecule has 0 radical (unpaired) electrons. The maximum Gasteiger partial charge on any atom is 0.326 e. The number of rotatable bonds is 8. The second-order valence-corrected chi connectivity index (χ2v) is 5.99. The Kier molecular flexibility index (Phi) is 8.14. The molecule has 0 aliphatic rings. The van der Waals surface area contributed by atoms with Gasteiger partial charge in [0.15, 0.2) is 0 Å². The van der Waals surface area contributed by atoms with Crippen LogP contribution < -0.4 is 10.6 Å². The van der Waals surface area contributed by atoms with E-state index in [0.717, 1.165) is 0 Å². The fourth-order valence-corrected chi connectivity index (χ4v) is 1.83. The highest BCUT2D eigenvalue weighted by molar-refractivity contribution is 6.35. The fraction of sp³-hybridized carbons (Fsp3) is 0.714. The van der Waals surface area contributed by atoms with Crippen molar-refractivity contribution in [3.05, 3.63) is 0 Å². The minimum absolute atomic E-state index is 0.0113. The van der Waals surface area contributed by atoms with Crippen LogP contribution in [0, 0.1) is 11.8 Å². The molecule has 0 rings (SSSR count). The third-order valence-electron chi connectivity index (χ3n) is 2.83. The van der Waals surface area contributed by atoms with Crippen LogP contribution in [0.5, 0.6) is 0 Å².